The lowest BCUT2D eigenvalue weighted by Crippen LogP contribution is -2.26. The summed E-state index contributed by atoms with van der Waals surface area (Å²) in [5, 5.41) is 2.44. The minimum Gasteiger partial charge on any atom is -0.384 e. The Morgan fingerprint density at radius 1 is 1.38 bits per heavy atom. The standard InChI is InChI=1S/C6H6N4O3/c1-2(10-13)3-4(7)8-6(12)9-5(3)11/h1H2,(H4,7,8,9,11,12). The number of nitrogens with one attached hydrogen (secondary N) is 2. The fourth-order valence-corrected chi connectivity index (χ4v) is 0.836. The van der Waals surface area contributed by atoms with E-state index in [0.717, 1.165) is 0 Å². The highest BCUT2D eigenvalue weighted by atomic mass is 16.3. The van der Waals surface area contributed by atoms with Crippen LogP contribution >= 0.6 is 0 Å². The summed E-state index contributed by atoms with van der Waals surface area (Å²) in [6.07, 6.45) is 0. The average molecular weight is 182 g/mol. The molecular formula is C6H6N4O3. The summed E-state index contributed by atoms with van der Waals surface area (Å²) >= 11 is 0. The van der Waals surface area contributed by atoms with Gasteiger partial charge in [0, 0.05) is 0 Å². The van der Waals surface area contributed by atoms with Gasteiger partial charge in [0.2, 0.25) is 0 Å². The van der Waals surface area contributed by atoms with Crippen molar-refractivity contribution in [2.75, 3.05) is 5.73 Å². The van der Waals surface area contributed by atoms with Crippen LogP contribution < -0.4 is 17.0 Å². The van der Waals surface area contributed by atoms with Crippen molar-refractivity contribution in [1.82, 2.24) is 9.97 Å². The predicted octanol–water partition coefficient (Wildman–Crippen LogP) is -0.618. The van der Waals surface area contributed by atoms with E-state index in [-0.39, 0.29) is 17.1 Å². The second kappa shape index (κ2) is 3.05. The molecule has 0 aliphatic heterocycles. The lowest BCUT2D eigenvalue weighted by Gasteiger charge is -1.98. The Morgan fingerprint density at radius 3 is 2.46 bits per heavy atom. The van der Waals surface area contributed by atoms with Crippen LogP contribution in [0.5, 0.6) is 0 Å². The molecule has 0 radical (unpaired) electrons. The van der Waals surface area contributed by atoms with Gasteiger partial charge in [0.25, 0.3) is 5.56 Å². The number of H-pyrrole nitrogens is 2. The topological polar surface area (TPSA) is 121 Å². The number of hydrogen-bond acceptors (Lipinski definition) is 5. The zero-order valence-electron chi connectivity index (χ0n) is 6.46. The molecule has 0 bridgehead atoms. The van der Waals surface area contributed by atoms with Gasteiger partial charge in [-0.2, -0.15) is 0 Å². The smallest absolute Gasteiger partial charge is 0.327 e. The fraction of sp³-hybridized carbons (Fsp3) is 0. The van der Waals surface area contributed by atoms with Gasteiger partial charge in [-0.1, -0.05) is 6.58 Å². The van der Waals surface area contributed by atoms with Crippen LogP contribution in [0.3, 0.4) is 0 Å². The highest BCUT2D eigenvalue weighted by molar-refractivity contribution is 5.69. The fourth-order valence-electron chi connectivity index (χ4n) is 0.836. The molecule has 13 heavy (non-hydrogen) atoms. The Labute approximate surface area is 71.3 Å². The molecule has 0 atom stereocenters. The summed E-state index contributed by atoms with van der Waals surface area (Å²) in [7, 11) is 0. The van der Waals surface area contributed by atoms with E-state index < -0.39 is 11.2 Å². The summed E-state index contributed by atoms with van der Waals surface area (Å²) in [6.45, 7) is 3.19. The van der Waals surface area contributed by atoms with Crippen molar-refractivity contribution >= 4 is 11.5 Å². The number of aromatic nitrogens is 2. The molecule has 0 saturated heterocycles. The van der Waals surface area contributed by atoms with Gasteiger partial charge in [0.1, 0.15) is 17.1 Å². The lowest BCUT2D eigenvalue weighted by molar-refractivity contribution is 1.03. The first-order valence-electron chi connectivity index (χ1n) is 3.21. The zero-order chi connectivity index (χ0) is 10.0. The van der Waals surface area contributed by atoms with Gasteiger partial charge in [-0.25, -0.2) is 4.79 Å². The number of nitrogens with two attached hydrogens (primary N) is 1. The van der Waals surface area contributed by atoms with E-state index in [1.807, 2.05) is 4.98 Å². The van der Waals surface area contributed by atoms with Crippen molar-refractivity contribution in [3.8, 4) is 0 Å². The lowest BCUT2D eigenvalue weighted by atomic mass is 10.2. The van der Waals surface area contributed by atoms with E-state index in [1.54, 1.807) is 0 Å². The Balaban J connectivity index is 3.55. The maximum atomic E-state index is 11.0. The Bertz CT molecular complexity index is 470. The molecule has 1 heterocycles. The van der Waals surface area contributed by atoms with Crippen LogP contribution in [-0.2, 0) is 0 Å². The third-order valence-electron chi connectivity index (χ3n) is 1.37. The molecular weight excluding hydrogens is 176 g/mol. The molecule has 0 fully saturated rings. The minimum absolute atomic E-state index is 0.213. The molecule has 7 nitrogen and oxygen atoms in total. The molecule has 68 valence electrons. The molecule has 0 unspecified atom stereocenters. The van der Waals surface area contributed by atoms with Crippen molar-refractivity contribution < 1.29 is 0 Å². The average Bonchev–Trinajstić information content (AvgIpc) is 2.02. The number of hydrogen-bond donors (Lipinski definition) is 3. The van der Waals surface area contributed by atoms with Crippen LogP contribution in [0.4, 0.5) is 5.82 Å². The molecule has 0 saturated carbocycles. The quantitative estimate of drug-likeness (QED) is 0.527. The van der Waals surface area contributed by atoms with Gasteiger partial charge in [0.05, 0.1) is 0 Å². The first-order chi connectivity index (χ1) is 6.06. The van der Waals surface area contributed by atoms with E-state index >= 15 is 0 Å². The van der Waals surface area contributed by atoms with E-state index in [9.17, 15) is 14.5 Å². The molecule has 1 aromatic rings. The zero-order valence-corrected chi connectivity index (χ0v) is 6.46. The van der Waals surface area contributed by atoms with Gasteiger partial charge in [-0.3, -0.25) is 14.8 Å². The highest BCUT2D eigenvalue weighted by Gasteiger charge is 2.10. The largest absolute Gasteiger partial charge is 0.384 e. The third-order valence-corrected chi connectivity index (χ3v) is 1.37. The van der Waals surface area contributed by atoms with Gasteiger partial charge < -0.3 is 5.73 Å². The number of anilines is 1. The Morgan fingerprint density at radius 2 is 2.00 bits per heavy atom. The molecule has 4 N–H and O–H groups in total. The van der Waals surface area contributed by atoms with Gasteiger partial charge >= 0.3 is 5.69 Å². The molecule has 1 aromatic heterocycles. The maximum Gasteiger partial charge on any atom is 0.327 e. The van der Waals surface area contributed by atoms with Crippen molar-refractivity contribution in [1.29, 1.82) is 0 Å². The number of nitrogens with zero attached hydrogens (tertiary/aromatic N) is 1. The van der Waals surface area contributed by atoms with Crippen LogP contribution in [0.2, 0.25) is 0 Å². The summed E-state index contributed by atoms with van der Waals surface area (Å²) < 4.78 is 0. The van der Waals surface area contributed by atoms with Gasteiger partial charge in [0.15, 0.2) is 0 Å². The summed E-state index contributed by atoms with van der Waals surface area (Å²) in [5.74, 6) is -0.224. The van der Waals surface area contributed by atoms with Crippen molar-refractivity contribution in [3.05, 3.63) is 37.9 Å². The van der Waals surface area contributed by atoms with Crippen LogP contribution in [0.1, 0.15) is 5.56 Å². The van der Waals surface area contributed by atoms with Crippen molar-refractivity contribution in [3.63, 3.8) is 0 Å². The van der Waals surface area contributed by atoms with Crippen molar-refractivity contribution in [2.45, 2.75) is 0 Å². The maximum absolute atomic E-state index is 11.0. The summed E-state index contributed by atoms with van der Waals surface area (Å²) in [4.78, 5) is 35.7. The number of rotatable bonds is 2. The normalized spacial score (nSPS) is 9.54. The monoisotopic (exact) mass is 182 g/mol. The highest BCUT2D eigenvalue weighted by Crippen LogP contribution is 2.11. The molecule has 7 heteroatoms. The van der Waals surface area contributed by atoms with E-state index in [0.29, 0.717) is 0 Å². The van der Waals surface area contributed by atoms with E-state index in [2.05, 4.69) is 16.7 Å². The van der Waals surface area contributed by atoms with Crippen LogP contribution in [0, 0.1) is 4.91 Å². The number of aromatic amines is 2. The van der Waals surface area contributed by atoms with E-state index in [1.165, 1.54) is 0 Å². The molecule has 0 aromatic carbocycles. The first kappa shape index (κ1) is 8.91. The van der Waals surface area contributed by atoms with E-state index in [4.69, 9.17) is 5.73 Å². The third kappa shape index (κ3) is 1.53. The van der Waals surface area contributed by atoms with Crippen molar-refractivity contribution in [2.24, 2.45) is 5.18 Å². The Kier molecular flexibility index (Phi) is 2.09. The van der Waals surface area contributed by atoms with Gasteiger partial charge in [-0.05, 0) is 5.18 Å². The Hall–Kier alpha value is -2.18. The molecule has 0 spiro atoms. The van der Waals surface area contributed by atoms with Crippen LogP contribution in [-0.4, -0.2) is 9.97 Å². The SMILES string of the molecule is C=C(N=O)c1c(N)[nH]c(=O)[nH]c1=O. The van der Waals surface area contributed by atoms with Gasteiger partial charge in [-0.15, -0.1) is 4.91 Å². The molecule has 1 rings (SSSR count). The second-order valence-electron chi connectivity index (χ2n) is 2.23. The minimum atomic E-state index is -0.786. The summed E-state index contributed by atoms with van der Waals surface area (Å²) in [5.41, 5.74) is 3.19. The number of nitrogen functional groups attached to an aromatic ring is 1. The number of nitroso groups, excluding NO2 is 1. The predicted molar refractivity (Wildman–Crippen MR) is 46.9 cm³/mol. The first-order valence-corrected chi connectivity index (χ1v) is 3.21. The second-order valence-corrected chi connectivity index (χ2v) is 2.23. The molecule has 0 aliphatic rings. The molecule has 0 amide bonds. The molecule has 0 aliphatic carbocycles. The summed E-state index contributed by atoms with van der Waals surface area (Å²) in [6, 6.07) is 0. The van der Waals surface area contributed by atoms with Crippen LogP contribution in [0.15, 0.2) is 21.3 Å². The van der Waals surface area contributed by atoms with Crippen LogP contribution in [0.25, 0.3) is 5.70 Å².